The summed E-state index contributed by atoms with van der Waals surface area (Å²) >= 11 is 0. The first-order valence-electron chi connectivity index (χ1n) is 8.28. The molecule has 1 saturated carbocycles. The van der Waals surface area contributed by atoms with Gasteiger partial charge in [-0.1, -0.05) is 49.6 Å². The minimum Gasteiger partial charge on any atom is -0.370 e. The number of hydrogen-bond donors (Lipinski definition) is 1. The van der Waals surface area contributed by atoms with E-state index < -0.39 is 0 Å². The minimum absolute atomic E-state index is 0.593. The van der Waals surface area contributed by atoms with Gasteiger partial charge in [-0.15, -0.1) is 0 Å². The molecule has 2 atom stereocenters. The van der Waals surface area contributed by atoms with Crippen molar-refractivity contribution < 1.29 is 0 Å². The van der Waals surface area contributed by atoms with Crippen LogP contribution in [-0.2, 0) is 0 Å². The molecule has 0 spiro atoms. The lowest BCUT2D eigenvalue weighted by Crippen LogP contribution is -2.37. The highest BCUT2D eigenvalue weighted by molar-refractivity contribution is 5.82. The molecule has 1 aromatic rings. The second kappa shape index (κ2) is 6.92. The van der Waals surface area contributed by atoms with E-state index in [4.69, 9.17) is 4.99 Å². The summed E-state index contributed by atoms with van der Waals surface area (Å²) in [6.07, 6.45) is 10.4. The van der Waals surface area contributed by atoms with Gasteiger partial charge in [-0.2, -0.15) is 0 Å². The lowest BCUT2D eigenvalue weighted by Gasteiger charge is -2.24. The van der Waals surface area contributed by atoms with Gasteiger partial charge in [0.25, 0.3) is 0 Å². The van der Waals surface area contributed by atoms with Crippen molar-refractivity contribution in [2.24, 2.45) is 4.99 Å². The number of rotatable bonds is 2. The van der Waals surface area contributed by atoms with Gasteiger partial charge in [0.1, 0.15) is 0 Å². The third-order valence-electron chi connectivity index (χ3n) is 4.72. The molecule has 108 valence electrons. The van der Waals surface area contributed by atoms with E-state index >= 15 is 0 Å². The van der Waals surface area contributed by atoms with E-state index in [1.54, 1.807) is 0 Å². The monoisotopic (exact) mass is 270 g/mol. The van der Waals surface area contributed by atoms with Crippen molar-refractivity contribution in [2.75, 3.05) is 6.54 Å². The molecule has 1 fully saturated rings. The number of amidine groups is 1. The van der Waals surface area contributed by atoms with E-state index in [0.717, 1.165) is 13.0 Å². The van der Waals surface area contributed by atoms with Crippen LogP contribution in [0.4, 0.5) is 0 Å². The van der Waals surface area contributed by atoms with Gasteiger partial charge in [0, 0.05) is 24.9 Å². The van der Waals surface area contributed by atoms with Gasteiger partial charge < -0.3 is 5.32 Å². The highest BCUT2D eigenvalue weighted by Gasteiger charge is 2.29. The summed E-state index contributed by atoms with van der Waals surface area (Å²) in [6.45, 7) is 1.02. The lowest BCUT2D eigenvalue weighted by atomic mass is 9.94. The molecule has 0 amide bonds. The average molecular weight is 270 g/mol. The Hall–Kier alpha value is -1.31. The van der Waals surface area contributed by atoms with Crippen LogP contribution in [0, 0.1) is 0 Å². The molecule has 1 aromatic carbocycles. The third-order valence-corrected chi connectivity index (χ3v) is 4.72. The van der Waals surface area contributed by atoms with Crippen LogP contribution >= 0.6 is 0 Å². The Balaban J connectivity index is 1.66. The number of aliphatic imine (C=N–C) groups is 1. The van der Waals surface area contributed by atoms with Gasteiger partial charge in [-0.25, -0.2) is 0 Å². The Labute approximate surface area is 122 Å². The summed E-state index contributed by atoms with van der Waals surface area (Å²) in [5, 5.41) is 3.78. The maximum absolute atomic E-state index is 4.78. The van der Waals surface area contributed by atoms with Crippen LogP contribution in [0.1, 0.15) is 62.8 Å². The summed E-state index contributed by atoms with van der Waals surface area (Å²) in [5.74, 6) is 1.95. The van der Waals surface area contributed by atoms with Crippen molar-refractivity contribution >= 4 is 5.84 Å². The molecule has 1 aliphatic carbocycles. The van der Waals surface area contributed by atoms with E-state index in [1.165, 1.54) is 56.3 Å². The Morgan fingerprint density at radius 3 is 2.65 bits per heavy atom. The Morgan fingerprint density at radius 2 is 1.75 bits per heavy atom. The maximum Gasteiger partial charge on any atom is 0.0965 e. The van der Waals surface area contributed by atoms with Crippen molar-refractivity contribution in [3.63, 3.8) is 0 Å². The van der Waals surface area contributed by atoms with Crippen LogP contribution in [0.5, 0.6) is 0 Å². The summed E-state index contributed by atoms with van der Waals surface area (Å²) in [6, 6.07) is 11.6. The van der Waals surface area contributed by atoms with E-state index in [-0.39, 0.29) is 0 Å². The van der Waals surface area contributed by atoms with Crippen molar-refractivity contribution in [1.29, 1.82) is 0 Å². The molecule has 0 saturated heterocycles. The molecule has 20 heavy (non-hydrogen) atoms. The zero-order valence-corrected chi connectivity index (χ0v) is 12.4. The molecule has 1 heterocycles. The van der Waals surface area contributed by atoms with Crippen molar-refractivity contribution in [2.45, 2.75) is 63.3 Å². The van der Waals surface area contributed by atoms with E-state index in [1.807, 2.05) is 0 Å². The molecule has 0 bridgehead atoms. The van der Waals surface area contributed by atoms with Crippen molar-refractivity contribution in [1.82, 2.24) is 5.32 Å². The molecule has 2 nitrogen and oxygen atoms in total. The average Bonchev–Trinajstić information content (AvgIpc) is 2.91. The lowest BCUT2D eigenvalue weighted by molar-refractivity contribution is 0.544. The van der Waals surface area contributed by atoms with Crippen LogP contribution in [0.3, 0.4) is 0 Å². The van der Waals surface area contributed by atoms with Crippen molar-refractivity contribution in [3.05, 3.63) is 35.9 Å². The molecule has 0 aromatic heterocycles. The normalized spacial score (nSPS) is 27.5. The Bertz CT molecular complexity index is 438. The van der Waals surface area contributed by atoms with Crippen LogP contribution in [0.15, 0.2) is 35.3 Å². The largest absolute Gasteiger partial charge is 0.370 e. The van der Waals surface area contributed by atoms with Crippen LogP contribution in [0.2, 0.25) is 0 Å². The smallest absolute Gasteiger partial charge is 0.0965 e. The van der Waals surface area contributed by atoms with Gasteiger partial charge in [-0.3, -0.25) is 4.99 Å². The molecule has 3 rings (SSSR count). The molecule has 2 aliphatic rings. The van der Waals surface area contributed by atoms with Gasteiger partial charge in [0.2, 0.25) is 0 Å². The molecule has 0 radical (unpaired) electrons. The second-order valence-electron chi connectivity index (χ2n) is 6.19. The first-order chi connectivity index (χ1) is 9.93. The quantitative estimate of drug-likeness (QED) is 0.852. The number of benzene rings is 1. The summed E-state index contributed by atoms with van der Waals surface area (Å²) < 4.78 is 0. The molecule has 1 aliphatic heterocycles. The SMILES string of the molecule is c1ccc(C2CCCC2NC2=NCCCCCC2)cc1. The molecule has 2 unspecified atom stereocenters. The van der Waals surface area contributed by atoms with Crippen LogP contribution in [-0.4, -0.2) is 18.4 Å². The van der Waals surface area contributed by atoms with E-state index in [0.29, 0.717) is 12.0 Å². The summed E-state index contributed by atoms with van der Waals surface area (Å²) in [5.41, 5.74) is 1.49. The fourth-order valence-corrected chi connectivity index (χ4v) is 3.61. The van der Waals surface area contributed by atoms with Gasteiger partial charge in [-0.05, 0) is 31.2 Å². The Morgan fingerprint density at radius 1 is 0.900 bits per heavy atom. The zero-order chi connectivity index (χ0) is 13.6. The van der Waals surface area contributed by atoms with Gasteiger partial charge >= 0.3 is 0 Å². The standard InChI is InChI=1S/C18H26N2/c1-2-7-14-19-18(13-6-1)20-17-12-8-11-16(17)15-9-4-3-5-10-15/h3-5,9-10,16-17H,1-2,6-8,11-14H2,(H,19,20). The minimum atomic E-state index is 0.593. The highest BCUT2D eigenvalue weighted by Crippen LogP contribution is 2.34. The zero-order valence-electron chi connectivity index (χ0n) is 12.4. The summed E-state index contributed by atoms with van der Waals surface area (Å²) in [7, 11) is 0. The topological polar surface area (TPSA) is 24.4 Å². The highest BCUT2D eigenvalue weighted by atomic mass is 15.0. The first kappa shape index (κ1) is 13.7. The van der Waals surface area contributed by atoms with Gasteiger partial charge in [0.05, 0.1) is 5.84 Å². The first-order valence-corrected chi connectivity index (χ1v) is 8.28. The fraction of sp³-hybridized carbons (Fsp3) is 0.611. The third kappa shape index (κ3) is 3.41. The number of hydrogen-bond acceptors (Lipinski definition) is 2. The maximum atomic E-state index is 4.78. The molecule has 2 heteroatoms. The Kier molecular flexibility index (Phi) is 4.73. The predicted molar refractivity (Wildman–Crippen MR) is 85.3 cm³/mol. The van der Waals surface area contributed by atoms with Crippen molar-refractivity contribution in [3.8, 4) is 0 Å². The van der Waals surface area contributed by atoms with Gasteiger partial charge in [0.15, 0.2) is 0 Å². The van der Waals surface area contributed by atoms with Crippen LogP contribution in [0.25, 0.3) is 0 Å². The van der Waals surface area contributed by atoms with Crippen LogP contribution < -0.4 is 5.32 Å². The summed E-state index contributed by atoms with van der Waals surface area (Å²) in [4.78, 5) is 4.78. The second-order valence-corrected chi connectivity index (χ2v) is 6.19. The molecule has 1 N–H and O–H groups in total. The number of nitrogens with zero attached hydrogens (tertiary/aromatic N) is 1. The molecular formula is C18H26N2. The predicted octanol–water partition coefficient (Wildman–Crippen LogP) is 4.27. The number of nitrogens with one attached hydrogen (secondary N) is 1. The fourth-order valence-electron chi connectivity index (χ4n) is 3.61. The van der Waals surface area contributed by atoms with E-state index in [9.17, 15) is 0 Å². The molecular weight excluding hydrogens is 244 g/mol. The van der Waals surface area contributed by atoms with E-state index in [2.05, 4.69) is 35.6 Å².